The minimum absolute atomic E-state index is 0.0199. The van der Waals surface area contributed by atoms with E-state index in [-0.39, 0.29) is 17.7 Å². The Morgan fingerprint density at radius 1 is 1.59 bits per heavy atom. The van der Waals surface area contributed by atoms with E-state index in [9.17, 15) is 4.79 Å². The molecule has 0 saturated heterocycles. The van der Waals surface area contributed by atoms with Gasteiger partial charge in [-0.25, -0.2) is 4.79 Å². The first-order chi connectivity index (χ1) is 7.97. The van der Waals surface area contributed by atoms with Crippen molar-refractivity contribution in [2.45, 2.75) is 26.8 Å². The van der Waals surface area contributed by atoms with Gasteiger partial charge in [0, 0.05) is 12.8 Å². The first kappa shape index (κ1) is 14.1. The molecule has 1 atom stereocenters. The van der Waals surface area contributed by atoms with E-state index in [1.54, 1.807) is 10.8 Å². The maximum absolute atomic E-state index is 11.1. The molecule has 1 unspecified atom stereocenters. The number of aromatic carboxylic acids is 1. The zero-order chi connectivity index (χ0) is 13.0. The Bertz CT molecular complexity index is 387. The summed E-state index contributed by atoms with van der Waals surface area (Å²) in [5.41, 5.74) is 0.202. The molecule has 1 rings (SSSR count). The average Bonchev–Trinajstić information content (AvgIpc) is 2.60. The number of halogens is 1. The van der Waals surface area contributed by atoms with E-state index >= 15 is 0 Å². The average molecular weight is 260 g/mol. The van der Waals surface area contributed by atoms with Gasteiger partial charge in [-0.3, -0.25) is 0 Å². The summed E-state index contributed by atoms with van der Waals surface area (Å²) in [7, 11) is 0. The number of ether oxygens (including phenoxy) is 1. The number of hydrogen-bond acceptors (Lipinski definition) is 2. The van der Waals surface area contributed by atoms with E-state index in [0.29, 0.717) is 18.2 Å². The van der Waals surface area contributed by atoms with Crippen LogP contribution in [0.2, 0.25) is 5.02 Å². The van der Waals surface area contributed by atoms with Crippen LogP contribution < -0.4 is 0 Å². The van der Waals surface area contributed by atoms with Crippen LogP contribution in [0.5, 0.6) is 0 Å². The maximum Gasteiger partial charge on any atom is 0.352 e. The summed E-state index contributed by atoms with van der Waals surface area (Å²) in [6.07, 6.45) is 1.65. The molecule has 0 fully saturated rings. The lowest BCUT2D eigenvalue weighted by Crippen LogP contribution is -2.23. The highest BCUT2D eigenvalue weighted by Crippen LogP contribution is 2.24. The molecule has 1 aromatic heterocycles. The van der Waals surface area contributed by atoms with Gasteiger partial charge in [-0.15, -0.1) is 0 Å². The molecular formula is C12H18ClNO3. The topological polar surface area (TPSA) is 51.5 Å². The van der Waals surface area contributed by atoms with Crippen LogP contribution in [-0.4, -0.2) is 28.9 Å². The van der Waals surface area contributed by atoms with Crippen molar-refractivity contribution in [3.63, 3.8) is 0 Å². The summed E-state index contributed by atoms with van der Waals surface area (Å²) < 4.78 is 7.08. The van der Waals surface area contributed by atoms with Gasteiger partial charge in [0.05, 0.1) is 17.7 Å². The van der Waals surface area contributed by atoms with Crippen LogP contribution in [0.15, 0.2) is 12.3 Å². The molecule has 5 heteroatoms. The molecule has 4 nitrogen and oxygen atoms in total. The minimum atomic E-state index is -0.973. The molecule has 0 spiro atoms. The monoisotopic (exact) mass is 259 g/mol. The molecule has 0 amide bonds. The third-order valence-electron chi connectivity index (χ3n) is 2.65. The molecular weight excluding hydrogens is 242 g/mol. The second-order valence-electron chi connectivity index (χ2n) is 4.23. The van der Waals surface area contributed by atoms with Crippen molar-refractivity contribution in [2.75, 3.05) is 13.2 Å². The van der Waals surface area contributed by atoms with E-state index in [1.165, 1.54) is 6.07 Å². The number of aromatic nitrogens is 1. The van der Waals surface area contributed by atoms with Crippen LogP contribution in [-0.2, 0) is 4.74 Å². The van der Waals surface area contributed by atoms with E-state index < -0.39 is 5.97 Å². The van der Waals surface area contributed by atoms with Gasteiger partial charge >= 0.3 is 5.97 Å². The molecule has 0 radical (unpaired) electrons. The lowest BCUT2D eigenvalue weighted by molar-refractivity contribution is 0.0659. The van der Waals surface area contributed by atoms with Gasteiger partial charge in [0.1, 0.15) is 5.69 Å². The quantitative estimate of drug-likeness (QED) is 0.854. The summed E-state index contributed by atoms with van der Waals surface area (Å²) in [5, 5.41) is 9.55. The smallest absolute Gasteiger partial charge is 0.352 e. The van der Waals surface area contributed by atoms with Gasteiger partial charge in [-0.05, 0) is 18.9 Å². The fraction of sp³-hybridized carbons (Fsp3) is 0.583. The zero-order valence-corrected chi connectivity index (χ0v) is 11.1. The van der Waals surface area contributed by atoms with Gasteiger partial charge in [-0.2, -0.15) is 0 Å². The Morgan fingerprint density at radius 2 is 2.24 bits per heavy atom. The maximum atomic E-state index is 11.1. The van der Waals surface area contributed by atoms with E-state index in [1.807, 2.05) is 20.8 Å². The summed E-state index contributed by atoms with van der Waals surface area (Å²) >= 11 is 5.87. The molecule has 0 bridgehead atoms. The highest BCUT2D eigenvalue weighted by molar-refractivity contribution is 6.30. The lowest BCUT2D eigenvalue weighted by Gasteiger charge is -2.23. The highest BCUT2D eigenvalue weighted by atomic mass is 35.5. The number of carbonyl (C=O) groups is 1. The molecule has 0 aliphatic carbocycles. The first-order valence-electron chi connectivity index (χ1n) is 5.65. The van der Waals surface area contributed by atoms with E-state index in [4.69, 9.17) is 21.4 Å². The molecule has 0 saturated carbocycles. The van der Waals surface area contributed by atoms with Crippen LogP contribution in [0.4, 0.5) is 0 Å². The lowest BCUT2D eigenvalue weighted by atomic mass is 10.1. The van der Waals surface area contributed by atoms with Crippen molar-refractivity contribution in [1.82, 2.24) is 4.57 Å². The van der Waals surface area contributed by atoms with Crippen LogP contribution >= 0.6 is 11.6 Å². The van der Waals surface area contributed by atoms with Crippen LogP contribution in [0.3, 0.4) is 0 Å². The summed E-state index contributed by atoms with van der Waals surface area (Å²) in [5.74, 6) is -0.706. The Hall–Kier alpha value is -1.00. The molecule has 96 valence electrons. The fourth-order valence-corrected chi connectivity index (χ4v) is 1.93. The normalized spacial score (nSPS) is 13.0. The fourth-order valence-electron chi connectivity index (χ4n) is 1.72. The summed E-state index contributed by atoms with van der Waals surface area (Å²) in [6.45, 7) is 7.07. The largest absolute Gasteiger partial charge is 0.477 e. The second-order valence-corrected chi connectivity index (χ2v) is 4.66. The predicted octanol–water partition coefficient (Wildman–Crippen LogP) is 3.07. The predicted molar refractivity (Wildman–Crippen MR) is 66.8 cm³/mol. The van der Waals surface area contributed by atoms with Crippen LogP contribution in [0.25, 0.3) is 0 Å². The van der Waals surface area contributed by atoms with Crippen molar-refractivity contribution >= 4 is 17.6 Å². The van der Waals surface area contributed by atoms with E-state index in [0.717, 1.165) is 0 Å². The number of carboxylic acids is 1. The SMILES string of the molecule is CCOCC(C(C)C)n1cc(Cl)cc1C(=O)O. The molecule has 0 aliphatic rings. The van der Waals surface area contributed by atoms with Gasteiger partial charge < -0.3 is 14.4 Å². The van der Waals surface area contributed by atoms with Gasteiger partial charge in [0.15, 0.2) is 0 Å². The molecule has 1 heterocycles. The molecule has 17 heavy (non-hydrogen) atoms. The van der Waals surface area contributed by atoms with Gasteiger partial charge in [0.2, 0.25) is 0 Å². The van der Waals surface area contributed by atoms with Crippen LogP contribution in [0.1, 0.15) is 37.3 Å². The Morgan fingerprint density at radius 3 is 2.71 bits per heavy atom. The second kappa shape index (κ2) is 6.07. The standard InChI is InChI=1S/C12H18ClNO3/c1-4-17-7-11(8(2)3)14-6-9(13)5-10(14)12(15)16/h5-6,8,11H,4,7H2,1-3H3,(H,15,16). The third-order valence-corrected chi connectivity index (χ3v) is 2.86. The van der Waals surface area contributed by atoms with Crippen molar-refractivity contribution in [3.8, 4) is 0 Å². The summed E-state index contributed by atoms with van der Waals surface area (Å²) in [6, 6.07) is 1.44. The van der Waals surface area contributed by atoms with Gasteiger partial charge in [0.25, 0.3) is 0 Å². The van der Waals surface area contributed by atoms with Crippen molar-refractivity contribution in [1.29, 1.82) is 0 Å². The highest BCUT2D eigenvalue weighted by Gasteiger charge is 2.22. The first-order valence-corrected chi connectivity index (χ1v) is 6.03. The molecule has 1 aromatic rings. The number of rotatable bonds is 6. The van der Waals surface area contributed by atoms with Gasteiger partial charge in [-0.1, -0.05) is 25.4 Å². The minimum Gasteiger partial charge on any atom is -0.477 e. The zero-order valence-electron chi connectivity index (χ0n) is 10.3. The third kappa shape index (κ3) is 3.48. The molecule has 0 aromatic carbocycles. The Labute approximate surface area is 106 Å². The van der Waals surface area contributed by atoms with Crippen molar-refractivity contribution < 1.29 is 14.6 Å². The van der Waals surface area contributed by atoms with E-state index in [2.05, 4.69) is 0 Å². The van der Waals surface area contributed by atoms with Crippen molar-refractivity contribution in [2.24, 2.45) is 5.92 Å². The van der Waals surface area contributed by atoms with Crippen LogP contribution in [0, 0.1) is 5.92 Å². The molecule has 1 N–H and O–H groups in total. The Balaban J connectivity index is 3.04. The summed E-state index contributed by atoms with van der Waals surface area (Å²) in [4.78, 5) is 11.1. The van der Waals surface area contributed by atoms with Crippen molar-refractivity contribution in [3.05, 3.63) is 23.0 Å². The number of carboxylic acid groups (broad SMARTS) is 1. The Kier molecular flexibility index (Phi) is 5.02. The number of nitrogens with zero attached hydrogens (tertiary/aromatic N) is 1. The number of hydrogen-bond donors (Lipinski definition) is 1. The molecule has 0 aliphatic heterocycles.